The Bertz CT molecular complexity index is 396. The van der Waals surface area contributed by atoms with Crippen LogP contribution in [-0.4, -0.2) is 51.4 Å². The van der Waals surface area contributed by atoms with Gasteiger partial charge in [-0.15, -0.1) is 0 Å². The van der Waals surface area contributed by atoms with Gasteiger partial charge in [-0.25, -0.2) is 0 Å². The molecular formula is C12H10Br2KP. The van der Waals surface area contributed by atoms with Gasteiger partial charge in [0, 0.05) is 8.95 Å². The van der Waals surface area contributed by atoms with Crippen molar-refractivity contribution < 1.29 is 0 Å². The number of halogens is 2. The van der Waals surface area contributed by atoms with Crippen molar-refractivity contribution in [3.63, 3.8) is 0 Å². The van der Waals surface area contributed by atoms with Crippen molar-refractivity contribution in [2.24, 2.45) is 0 Å². The fourth-order valence-corrected chi connectivity index (χ4v) is 2.76. The van der Waals surface area contributed by atoms with Gasteiger partial charge in [-0.3, -0.25) is 0 Å². The van der Waals surface area contributed by atoms with E-state index in [1.165, 1.54) is 10.6 Å². The van der Waals surface area contributed by atoms with Crippen LogP contribution in [0.15, 0.2) is 57.5 Å². The van der Waals surface area contributed by atoms with Crippen LogP contribution in [0, 0.1) is 0 Å². The molecule has 0 aliphatic carbocycles. The third-order valence-electron chi connectivity index (χ3n) is 1.98. The van der Waals surface area contributed by atoms with E-state index < -0.39 is 0 Å². The van der Waals surface area contributed by atoms with Gasteiger partial charge in [-0.2, -0.15) is 0 Å². The molecule has 0 saturated carbocycles. The molecule has 0 amide bonds. The quantitative estimate of drug-likeness (QED) is 0.551. The summed E-state index contributed by atoms with van der Waals surface area (Å²) in [5.41, 5.74) is 0. The Morgan fingerprint density at radius 2 is 0.938 bits per heavy atom. The molecular weight excluding hydrogens is 374 g/mol. The number of rotatable bonds is 2. The Morgan fingerprint density at radius 1 is 0.625 bits per heavy atom. The third kappa shape index (κ3) is 4.99. The zero-order valence-corrected chi connectivity index (χ0v) is 12.0. The van der Waals surface area contributed by atoms with Crippen LogP contribution in [0.3, 0.4) is 0 Å². The zero-order chi connectivity index (χ0) is 10.7. The summed E-state index contributed by atoms with van der Waals surface area (Å²) in [4.78, 5) is 0. The van der Waals surface area contributed by atoms with Crippen LogP contribution < -0.4 is 10.6 Å². The molecule has 0 N–H and O–H groups in total. The molecule has 0 aliphatic rings. The number of hydrogen-bond donors (Lipinski definition) is 0. The van der Waals surface area contributed by atoms with Crippen molar-refractivity contribution in [2.45, 2.75) is 0 Å². The molecule has 0 nitrogen and oxygen atoms in total. The van der Waals surface area contributed by atoms with Crippen molar-refractivity contribution >= 4 is 102 Å². The Labute approximate surface area is 157 Å². The maximum absolute atomic E-state index is 3.44. The molecule has 2 aromatic carbocycles. The summed E-state index contributed by atoms with van der Waals surface area (Å²) in [6.07, 6.45) is 0. The van der Waals surface area contributed by atoms with E-state index in [9.17, 15) is 0 Å². The molecule has 0 heterocycles. The Kier molecular flexibility index (Phi) is 7.57. The van der Waals surface area contributed by atoms with E-state index in [4.69, 9.17) is 0 Å². The first-order valence-corrected chi connectivity index (χ1v) is 7.11. The second kappa shape index (κ2) is 7.80. The molecule has 0 aliphatic heterocycles. The maximum atomic E-state index is 3.44. The molecule has 0 spiro atoms. The molecule has 2 rings (SSSR count). The van der Waals surface area contributed by atoms with E-state index in [-0.39, 0.29) is 51.4 Å². The first-order valence-electron chi connectivity index (χ1n) is 4.52. The number of hydrogen-bond acceptors (Lipinski definition) is 0. The molecule has 2 aromatic rings. The standard InChI is InChI=1S/C12H9Br2P.K.H/c13-9-1-5-11(6-2-9)15-12-7-3-10(14)4-8-12;;/h1-8,15H;;. The van der Waals surface area contributed by atoms with Gasteiger partial charge in [0.05, 0.1) is 0 Å². The van der Waals surface area contributed by atoms with Crippen molar-refractivity contribution in [1.29, 1.82) is 0 Å². The van der Waals surface area contributed by atoms with Gasteiger partial charge >= 0.3 is 51.4 Å². The fourth-order valence-electron chi connectivity index (χ4n) is 1.23. The van der Waals surface area contributed by atoms with E-state index in [1.807, 2.05) is 0 Å². The van der Waals surface area contributed by atoms with Crippen LogP contribution in [0.1, 0.15) is 0 Å². The van der Waals surface area contributed by atoms with Crippen LogP contribution in [0.25, 0.3) is 0 Å². The summed E-state index contributed by atoms with van der Waals surface area (Å²) < 4.78 is 2.26. The second-order valence-corrected chi connectivity index (χ2v) is 6.37. The molecule has 78 valence electrons. The second-order valence-electron chi connectivity index (χ2n) is 3.14. The normalized spacial score (nSPS) is 9.62. The van der Waals surface area contributed by atoms with Gasteiger partial charge < -0.3 is 0 Å². The summed E-state index contributed by atoms with van der Waals surface area (Å²) in [5, 5.41) is 2.72. The molecule has 0 radical (unpaired) electrons. The van der Waals surface area contributed by atoms with Crippen molar-refractivity contribution in [2.75, 3.05) is 0 Å². The molecule has 16 heavy (non-hydrogen) atoms. The molecule has 0 bridgehead atoms. The summed E-state index contributed by atoms with van der Waals surface area (Å²) in [5.74, 6) is 0. The van der Waals surface area contributed by atoms with Crippen LogP contribution in [-0.2, 0) is 0 Å². The van der Waals surface area contributed by atoms with Crippen LogP contribution in [0.4, 0.5) is 0 Å². The summed E-state index contributed by atoms with van der Waals surface area (Å²) in [6.45, 7) is 0. The summed E-state index contributed by atoms with van der Waals surface area (Å²) in [6, 6.07) is 17.0. The van der Waals surface area contributed by atoms with Gasteiger partial charge in [0.2, 0.25) is 0 Å². The van der Waals surface area contributed by atoms with E-state index in [1.54, 1.807) is 0 Å². The average molecular weight is 384 g/mol. The Balaban J connectivity index is 0.00000128. The van der Waals surface area contributed by atoms with Crippen molar-refractivity contribution in [3.8, 4) is 0 Å². The Hall–Kier alpha value is 1.47. The minimum absolute atomic E-state index is 0. The van der Waals surface area contributed by atoms with Gasteiger partial charge in [-0.1, -0.05) is 64.7 Å². The average Bonchev–Trinajstić information content (AvgIpc) is 2.25. The monoisotopic (exact) mass is 382 g/mol. The van der Waals surface area contributed by atoms with E-state index in [2.05, 4.69) is 80.4 Å². The SMILES string of the molecule is Brc1ccc(Pc2ccc(Br)cc2)cc1.[KH]. The molecule has 0 aromatic heterocycles. The molecule has 4 heteroatoms. The molecule has 0 saturated heterocycles. The topological polar surface area (TPSA) is 0 Å². The Morgan fingerprint density at radius 3 is 1.25 bits per heavy atom. The van der Waals surface area contributed by atoms with Crippen molar-refractivity contribution in [3.05, 3.63) is 57.5 Å². The van der Waals surface area contributed by atoms with Gasteiger partial charge in [0.15, 0.2) is 0 Å². The molecule has 0 atom stereocenters. The van der Waals surface area contributed by atoms with Gasteiger partial charge in [-0.05, 0) is 34.9 Å². The molecule has 0 unspecified atom stereocenters. The zero-order valence-electron chi connectivity index (χ0n) is 7.87. The first kappa shape index (κ1) is 15.5. The van der Waals surface area contributed by atoms with Crippen molar-refractivity contribution in [1.82, 2.24) is 0 Å². The van der Waals surface area contributed by atoms with Crippen LogP contribution in [0.5, 0.6) is 0 Å². The summed E-state index contributed by atoms with van der Waals surface area (Å²) >= 11 is 6.87. The fraction of sp³-hybridized carbons (Fsp3) is 0. The van der Waals surface area contributed by atoms with E-state index in [0.717, 1.165) is 17.5 Å². The summed E-state index contributed by atoms with van der Waals surface area (Å²) in [7, 11) is 0.728. The third-order valence-corrected chi connectivity index (χ3v) is 4.28. The van der Waals surface area contributed by atoms with E-state index >= 15 is 0 Å². The van der Waals surface area contributed by atoms with E-state index in [0.29, 0.717) is 0 Å². The number of benzene rings is 2. The predicted octanol–water partition coefficient (Wildman–Crippen LogP) is 3.19. The first-order chi connectivity index (χ1) is 7.24. The minimum atomic E-state index is 0. The van der Waals surface area contributed by atoms with Gasteiger partial charge in [0.25, 0.3) is 0 Å². The van der Waals surface area contributed by atoms with Crippen LogP contribution in [0.2, 0.25) is 0 Å². The molecule has 0 fully saturated rings. The van der Waals surface area contributed by atoms with Crippen LogP contribution >= 0.6 is 40.4 Å². The van der Waals surface area contributed by atoms with Gasteiger partial charge in [0.1, 0.15) is 0 Å². The predicted molar refractivity (Wildman–Crippen MR) is 83.0 cm³/mol.